The van der Waals surface area contributed by atoms with Crippen LogP contribution in [-0.4, -0.2) is 153 Å². The zero-order chi connectivity index (χ0) is 51.4. The lowest BCUT2D eigenvalue weighted by Crippen LogP contribution is -2.61. The zero-order valence-corrected chi connectivity index (χ0v) is 41.0. The van der Waals surface area contributed by atoms with Crippen LogP contribution in [0.15, 0.2) is 24.3 Å². The van der Waals surface area contributed by atoms with Gasteiger partial charge in [0.15, 0.2) is 0 Å². The summed E-state index contributed by atoms with van der Waals surface area (Å²) in [6.45, 7) is 6.73. The molecule has 0 aliphatic carbocycles. The Bertz CT molecular complexity index is 2030. The SMILES string of the molecule is CC[C@H](C)[C@@H]1NC(=O)[C@H](Cc2ccc(O)cc2)NC(=O)CCCSC[C@@H](C(=O)N2CCC[C@H]2C(=O)N[C@@H](CC(C)C)C(=O)NCC(N)=O)NC(=O)[C@H](CC(N)=O)NC(=O)[C@H](CSCC(N)=O)NC1=O. The molecule has 14 N–H and O–H groups in total. The van der Waals surface area contributed by atoms with Crippen LogP contribution in [0.2, 0.25) is 0 Å². The van der Waals surface area contributed by atoms with Crippen molar-refractivity contribution in [1.29, 1.82) is 0 Å². The van der Waals surface area contributed by atoms with Crippen LogP contribution in [0.4, 0.5) is 0 Å². The third-order valence-electron chi connectivity index (χ3n) is 11.2. The number of rotatable bonds is 18. The predicted octanol–water partition coefficient (Wildman–Crippen LogP) is -2.85. The highest BCUT2D eigenvalue weighted by atomic mass is 32.2. The van der Waals surface area contributed by atoms with Crippen LogP contribution < -0.4 is 54.4 Å². The number of phenols is 1. The molecule has 0 aromatic heterocycles. The fourth-order valence-electron chi connectivity index (χ4n) is 7.46. The Hall–Kier alpha value is -6.11. The number of amides is 11. The van der Waals surface area contributed by atoms with Crippen LogP contribution in [0.5, 0.6) is 5.75 Å². The first-order chi connectivity index (χ1) is 32.6. The Morgan fingerprint density at radius 2 is 1.48 bits per heavy atom. The van der Waals surface area contributed by atoms with Crippen molar-refractivity contribution in [3.05, 3.63) is 29.8 Å². The fraction of sp³-hybridized carbons (Fsp3) is 0.614. The lowest BCUT2D eigenvalue weighted by Gasteiger charge is -2.31. The second kappa shape index (κ2) is 28.4. The van der Waals surface area contributed by atoms with Crippen molar-refractivity contribution in [1.82, 2.24) is 42.1 Å². The van der Waals surface area contributed by atoms with Gasteiger partial charge in [-0.25, -0.2) is 0 Å². The maximum absolute atomic E-state index is 14.5. The van der Waals surface area contributed by atoms with E-state index >= 15 is 0 Å². The highest BCUT2D eigenvalue weighted by Gasteiger charge is 2.40. The summed E-state index contributed by atoms with van der Waals surface area (Å²) in [7, 11) is 0. The van der Waals surface area contributed by atoms with Gasteiger partial charge in [0, 0.05) is 30.9 Å². The molecule has 8 atom stereocenters. The summed E-state index contributed by atoms with van der Waals surface area (Å²) in [5.74, 6) is -9.66. The summed E-state index contributed by atoms with van der Waals surface area (Å²) in [6.07, 6.45) is 0.500. The number of hydrogen-bond acceptors (Lipinski definition) is 14. The Kier molecular flexibility index (Phi) is 23.5. The van der Waals surface area contributed by atoms with Crippen LogP contribution >= 0.6 is 23.5 Å². The van der Waals surface area contributed by atoms with E-state index in [1.54, 1.807) is 26.0 Å². The number of nitrogens with one attached hydrogen (secondary N) is 7. The minimum atomic E-state index is -1.70. The van der Waals surface area contributed by atoms with Gasteiger partial charge in [0.1, 0.15) is 48.0 Å². The number of likely N-dealkylation sites (tertiary alicyclic amines) is 1. The van der Waals surface area contributed by atoms with E-state index in [0.29, 0.717) is 18.4 Å². The van der Waals surface area contributed by atoms with Gasteiger partial charge >= 0.3 is 0 Å². The number of thioether (sulfide) groups is 2. The van der Waals surface area contributed by atoms with Crippen LogP contribution in [0.1, 0.15) is 78.2 Å². The van der Waals surface area contributed by atoms with Gasteiger partial charge in [-0.05, 0) is 61.0 Å². The number of benzene rings is 1. The Labute approximate surface area is 409 Å². The van der Waals surface area contributed by atoms with Crippen LogP contribution in [-0.2, 0) is 59.2 Å². The molecule has 1 aromatic rings. The lowest BCUT2D eigenvalue weighted by atomic mass is 9.96. The van der Waals surface area contributed by atoms with Crippen LogP contribution in [0.25, 0.3) is 0 Å². The van der Waals surface area contributed by atoms with Crippen LogP contribution in [0, 0.1) is 11.8 Å². The number of hydrogen-bond donors (Lipinski definition) is 11. The van der Waals surface area contributed by atoms with Crippen molar-refractivity contribution in [3.8, 4) is 5.75 Å². The molecule has 2 heterocycles. The fourth-order valence-corrected chi connectivity index (χ4v) is 9.22. The molecule has 1 aromatic carbocycles. The summed E-state index contributed by atoms with van der Waals surface area (Å²) in [6, 6.07) is -3.24. The molecule has 0 bridgehead atoms. The van der Waals surface area contributed by atoms with Gasteiger partial charge in [0.25, 0.3) is 0 Å². The van der Waals surface area contributed by atoms with Crippen molar-refractivity contribution in [2.45, 2.75) is 121 Å². The molecular formula is C44H67N11O12S2. The molecule has 2 fully saturated rings. The maximum Gasteiger partial charge on any atom is 0.246 e. The zero-order valence-electron chi connectivity index (χ0n) is 39.3. The smallest absolute Gasteiger partial charge is 0.246 e. The van der Waals surface area contributed by atoms with E-state index in [2.05, 4.69) is 37.2 Å². The maximum atomic E-state index is 14.5. The largest absolute Gasteiger partial charge is 0.508 e. The predicted molar refractivity (Wildman–Crippen MR) is 256 cm³/mol. The van der Waals surface area contributed by atoms with E-state index in [1.165, 1.54) is 28.8 Å². The quantitative estimate of drug-likeness (QED) is 0.0706. The van der Waals surface area contributed by atoms with E-state index in [0.717, 1.165) is 11.8 Å². The van der Waals surface area contributed by atoms with Gasteiger partial charge in [-0.1, -0.05) is 46.2 Å². The first-order valence-corrected chi connectivity index (χ1v) is 25.1. The van der Waals surface area contributed by atoms with Gasteiger partial charge in [-0.2, -0.15) is 11.8 Å². The van der Waals surface area contributed by atoms with Gasteiger partial charge in [-0.3, -0.25) is 52.7 Å². The number of nitrogens with two attached hydrogens (primary N) is 3. The van der Waals surface area contributed by atoms with E-state index in [1.807, 2.05) is 13.8 Å². The molecule has 69 heavy (non-hydrogen) atoms. The monoisotopic (exact) mass is 1010 g/mol. The molecular weight excluding hydrogens is 939 g/mol. The topological polar surface area (TPSA) is 374 Å². The molecule has 2 saturated heterocycles. The van der Waals surface area contributed by atoms with Gasteiger partial charge in [-0.15, -0.1) is 11.8 Å². The number of aromatic hydroxyl groups is 1. The van der Waals surface area contributed by atoms with Crippen molar-refractivity contribution in [2.75, 3.05) is 36.1 Å². The molecule has 23 nitrogen and oxygen atoms in total. The third-order valence-corrected chi connectivity index (χ3v) is 13.4. The van der Waals surface area contributed by atoms with E-state index in [4.69, 9.17) is 17.2 Å². The molecule has 2 aliphatic heterocycles. The summed E-state index contributed by atoms with van der Waals surface area (Å²) in [5.41, 5.74) is 16.6. The molecule has 11 amide bonds. The number of carbonyl (C=O) groups excluding carboxylic acids is 11. The minimum Gasteiger partial charge on any atom is -0.508 e. The molecule has 0 saturated carbocycles. The summed E-state index contributed by atoms with van der Waals surface area (Å²) in [4.78, 5) is 148. The Morgan fingerprint density at radius 3 is 2.10 bits per heavy atom. The van der Waals surface area contributed by atoms with Crippen LogP contribution in [0.3, 0.4) is 0 Å². The van der Waals surface area contributed by atoms with Crippen molar-refractivity contribution < 1.29 is 57.8 Å². The number of nitrogens with zero attached hydrogens (tertiary/aromatic N) is 1. The molecule has 25 heteroatoms. The standard InChI is InChI=1S/C44H67N11O12S2/c1-5-24(4)37-43(66)52-30(20-69-22-35(47)59)41(64)50-29(18-33(45)57)39(62)53-31(21-68-15-7-9-36(60)49-28(40(63)54-37)17-25-10-12-26(56)13-11-25)44(67)55-14-6-8-32(55)42(65)51-27(16-23(2)3)38(61)48-19-34(46)58/h10-13,23-24,27-32,37,56H,5-9,14-22H2,1-4H3,(H2,45,57)(H2,46,58)(H2,47,59)(H,48,61)(H,49,60)(H,50,64)(H,51,65)(H,52,66)(H,53,62)(H,54,63)/t24-,27-,28-,29-,30-,31-,32-,37-/m0/s1. The molecule has 3 rings (SSSR count). The molecule has 0 spiro atoms. The van der Waals surface area contributed by atoms with Gasteiger partial charge in [0.2, 0.25) is 65.0 Å². The number of primary amides is 3. The number of phenolic OH excluding ortho intramolecular Hbond substituents is 1. The second-order valence-corrected chi connectivity index (χ2v) is 19.6. The van der Waals surface area contributed by atoms with Crippen molar-refractivity contribution in [3.63, 3.8) is 0 Å². The van der Waals surface area contributed by atoms with Gasteiger partial charge in [0.05, 0.1) is 18.7 Å². The van der Waals surface area contributed by atoms with Crippen molar-refractivity contribution in [2.24, 2.45) is 29.0 Å². The van der Waals surface area contributed by atoms with E-state index in [-0.39, 0.29) is 73.3 Å². The summed E-state index contributed by atoms with van der Waals surface area (Å²) < 4.78 is 0. The first kappa shape index (κ1) is 57.2. The molecule has 382 valence electrons. The van der Waals surface area contributed by atoms with Gasteiger partial charge < -0.3 is 64.4 Å². The van der Waals surface area contributed by atoms with E-state index in [9.17, 15) is 57.8 Å². The second-order valence-electron chi connectivity index (χ2n) is 17.4. The third kappa shape index (κ3) is 19.4. The van der Waals surface area contributed by atoms with Crippen molar-refractivity contribution >= 4 is 88.5 Å². The molecule has 2 aliphatic rings. The van der Waals surface area contributed by atoms with E-state index < -0.39 is 126 Å². The normalized spacial score (nSPS) is 23.2. The lowest BCUT2D eigenvalue weighted by molar-refractivity contribution is -0.142. The molecule has 0 radical (unpaired) electrons. The summed E-state index contributed by atoms with van der Waals surface area (Å²) >= 11 is 2.06. The Morgan fingerprint density at radius 1 is 0.826 bits per heavy atom. The average molecular weight is 1010 g/mol. The highest BCUT2D eigenvalue weighted by Crippen LogP contribution is 2.22. The highest BCUT2D eigenvalue weighted by molar-refractivity contribution is 8.00. The average Bonchev–Trinajstić information content (AvgIpc) is 3.78. The Balaban J connectivity index is 2.03. The first-order valence-electron chi connectivity index (χ1n) is 22.8. The summed E-state index contributed by atoms with van der Waals surface area (Å²) in [5, 5.41) is 28.0. The molecule has 0 unspecified atom stereocenters. The minimum absolute atomic E-state index is 0.0203. The number of carbonyl (C=O) groups is 11.